The predicted octanol–water partition coefficient (Wildman–Crippen LogP) is 2.36. The zero-order valence-corrected chi connectivity index (χ0v) is 15.4. The Morgan fingerprint density at radius 3 is 2.62 bits per heavy atom. The van der Waals surface area contributed by atoms with E-state index >= 15 is 0 Å². The van der Waals surface area contributed by atoms with Gasteiger partial charge in [-0.05, 0) is 56.6 Å². The van der Waals surface area contributed by atoms with Crippen LogP contribution in [0.4, 0.5) is 5.69 Å². The monoisotopic (exact) mass is 373 g/mol. The molecule has 0 aromatic heterocycles. The van der Waals surface area contributed by atoms with Crippen molar-refractivity contribution in [1.29, 1.82) is 0 Å². The molecule has 0 spiro atoms. The third-order valence-corrected chi connectivity index (χ3v) is 5.91. The molecule has 1 heterocycles. The molecule has 1 saturated heterocycles. The lowest BCUT2D eigenvalue weighted by Crippen LogP contribution is -2.51. The van der Waals surface area contributed by atoms with Crippen molar-refractivity contribution in [2.75, 3.05) is 11.3 Å². The Labute approximate surface area is 154 Å². The van der Waals surface area contributed by atoms with Crippen molar-refractivity contribution in [3.63, 3.8) is 0 Å². The molecular weight excluding hydrogens is 350 g/mol. The molecule has 1 aliphatic rings. The second-order valence-electron chi connectivity index (χ2n) is 6.46. The molecule has 2 aromatic carbocycles. The molecule has 2 unspecified atom stereocenters. The van der Waals surface area contributed by atoms with Gasteiger partial charge in [-0.15, -0.1) is 0 Å². The van der Waals surface area contributed by atoms with Crippen molar-refractivity contribution in [2.45, 2.75) is 36.7 Å². The van der Waals surface area contributed by atoms with Crippen LogP contribution in [0.3, 0.4) is 0 Å². The lowest BCUT2D eigenvalue weighted by atomic mass is 9.99. The number of carbonyl (C=O) groups excluding carboxylic acids is 1. The van der Waals surface area contributed by atoms with Gasteiger partial charge in [0.1, 0.15) is 0 Å². The Morgan fingerprint density at radius 1 is 1.12 bits per heavy atom. The zero-order valence-electron chi connectivity index (χ0n) is 14.6. The van der Waals surface area contributed by atoms with E-state index in [9.17, 15) is 13.2 Å². The van der Waals surface area contributed by atoms with Crippen LogP contribution >= 0.6 is 0 Å². The summed E-state index contributed by atoms with van der Waals surface area (Å²) in [5.41, 5.74) is 0.785. The molecule has 6 nitrogen and oxygen atoms in total. The van der Waals surface area contributed by atoms with Gasteiger partial charge in [-0.2, -0.15) is 0 Å². The van der Waals surface area contributed by atoms with E-state index in [1.165, 1.54) is 12.1 Å². The number of piperidine rings is 1. The summed E-state index contributed by atoms with van der Waals surface area (Å²) in [4.78, 5) is 12.7. The standard InChI is InChI=1S/C19H23N3O3S/c1-14-18(11-6-12-20-14)21-19(23)15-7-5-8-16(13-15)22-26(24,25)17-9-3-2-4-10-17/h2-5,7-10,13-14,18,20,22H,6,11-12H2,1H3,(H,21,23). The summed E-state index contributed by atoms with van der Waals surface area (Å²) in [6.07, 6.45) is 1.95. The summed E-state index contributed by atoms with van der Waals surface area (Å²) in [7, 11) is -3.68. The molecule has 3 N–H and O–H groups in total. The highest BCUT2D eigenvalue weighted by Crippen LogP contribution is 2.18. The van der Waals surface area contributed by atoms with Crippen molar-refractivity contribution in [2.24, 2.45) is 0 Å². The second kappa shape index (κ2) is 7.88. The van der Waals surface area contributed by atoms with Gasteiger partial charge in [0, 0.05) is 23.3 Å². The topological polar surface area (TPSA) is 87.3 Å². The fraction of sp³-hybridized carbons (Fsp3) is 0.316. The number of sulfonamides is 1. The molecule has 2 atom stereocenters. The Bertz CT molecular complexity index is 869. The van der Waals surface area contributed by atoms with Crippen LogP contribution in [-0.2, 0) is 10.0 Å². The summed E-state index contributed by atoms with van der Waals surface area (Å²) < 4.78 is 27.4. The van der Waals surface area contributed by atoms with E-state index in [1.807, 2.05) is 0 Å². The molecular formula is C19H23N3O3S. The molecule has 1 aliphatic heterocycles. The van der Waals surface area contributed by atoms with Crippen LogP contribution in [0.2, 0.25) is 0 Å². The molecule has 0 bridgehead atoms. The summed E-state index contributed by atoms with van der Waals surface area (Å²) in [6.45, 7) is 3.01. The Kier molecular flexibility index (Phi) is 5.58. The first-order valence-corrected chi connectivity index (χ1v) is 10.2. The number of nitrogens with one attached hydrogen (secondary N) is 3. The first kappa shape index (κ1) is 18.4. The first-order valence-electron chi connectivity index (χ1n) is 8.68. The van der Waals surface area contributed by atoms with E-state index in [-0.39, 0.29) is 22.9 Å². The van der Waals surface area contributed by atoms with Gasteiger partial charge in [0.05, 0.1) is 4.90 Å². The molecule has 26 heavy (non-hydrogen) atoms. The largest absolute Gasteiger partial charge is 0.348 e. The third kappa shape index (κ3) is 4.42. The van der Waals surface area contributed by atoms with Gasteiger partial charge >= 0.3 is 0 Å². The van der Waals surface area contributed by atoms with Crippen molar-refractivity contribution < 1.29 is 13.2 Å². The number of hydrogen-bond acceptors (Lipinski definition) is 4. The average molecular weight is 373 g/mol. The van der Waals surface area contributed by atoms with Gasteiger partial charge in [-0.1, -0.05) is 24.3 Å². The van der Waals surface area contributed by atoms with E-state index in [4.69, 9.17) is 0 Å². The average Bonchev–Trinajstić information content (AvgIpc) is 2.64. The highest BCUT2D eigenvalue weighted by Gasteiger charge is 2.23. The lowest BCUT2D eigenvalue weighted by molar-refractivity contribution is 0.0920. The number of rotatable bonds is 5. The Morgan fingerprint density at radius 2 is 1.88 bits per heavy atom. The van der Waals surface area contributed by atoms with Crippen LogP contribution in [0.1, 0.15) is 30.1 Å². The van der Waals surface area contributed by atoms with E-state index in [0.717, 1.165) is 19.4 Å². The normalized spacial score (nSPS) is 20.3. The minimum atomic E-state index is -3.68. The molecule has 0 aliphatic carbocycles. The molecule has 3 rings (SSSR count). The predicted molar refractivity (Wildman–Crippen MR) is 102 cm³/mol. The van der Waals surface area contributed by atoms with Crippen molar-refractivity contribution in [3.05, 3.63) is 60.2 Å². The van der Waals surface area contributed by atoms with Crippen LogP contribution in [0.15, 0.2) is 59.5 Å². The van der Waals surface area contributed by atoms with Crippen LogP contribution in [-0.4, -0.2) is 33.0 Å². The number of hydrogen-bond donors (Lipinski definition) is 3. The highest BCUT2D eigenvalue weighted by molar-refractivity contribution is 7.92. The van der Waals surface area contributed by atoms with Crippen LogP contribution in [0.25, 0.3) is 0 Å². The van der Waals surface area contributed by atoms with E-state index in [1.54, 1.807) is 42.5 Å². The van der Waals surface area contributed by atoms with Crippen LogP contribution in [0.5, 0.6) is 0 Å². The van der Waals surface area contributed by atoms with Crippen LogP contribution in [0, 0.1) is 0 Å². The minimum Gasteiger partial charge on any atom is -0.348 e. The maximum atomic E-state index is 12.5. The van der Waals surface area contributed by atoms with E-state index in [0.29, 0.717) is 11.3 Å². The van der Waals surface area contributed by atoms with Gasteiger partial charge in [0.15, 0.2) is 0 Å². The van der Waals surface area contributed by atoms with Gasteiger partial charge in [-0.3, -0.25) is 9.52 Å². The number of benzene rings is 2. The highest BCUT2D eigenvalue weighted by atomic mass is 32.2. The molecule has 2 aromatic rings. The second-order valence-corrected chi connectivity index (χ2v) is 8.15. The number of carbonyl (C=O) groups is 1. The van der Waals surface area contributed by atoms with E-state index in [2.05, 4.69) is 22.3 Å². The van der Waals surface area contributed by atoms with Crippen molar-refractivity contribution in [3.8, 4) is 0 Å². The minimum absolute atomic E-state index is 0.0703. The molecule has 1 amide bonds. The number of amides is 1. The molecule has 7 heteroatoms. The molecule has 0 radical (unpaired) electrons. The molecule has 138 valence electrons. The Balaban J connectivity index is 1.73. The van der Waals surface area contributed by atoms with Gasteiger partial charge in [0.2, 0.25) is 0 Å². The maximum Gasteiger partial charge on any atom is 0.261 e. The van der Waals surface area contributed by atoms with E-state index < -0.39 is 10.0 Å². The maximum absolute atomic E-state index is 12.5. The smallest absolute Gasteiger partial charge is 0.261 e. The summed E-state index contributed by atoms with van der Waals surface area (Å²) in [5, 5.41) is 6.37. The molecule has 0 saturated carbocycles. The zero-order chi connectivity index (χ0) is 18.6. The number of anilines is 1. The van der Waals surface area contributed by atoms with Gasteiger partial charge < -0.3 is 10.6 Å². The summed E-state index contributed by atoms with van der Waals surface area (Å²) in [6, 6.07) is 14.9. The fourth-order valence-electron chi connectivity index (χ4n) is 3.03. The third-order valence-electron chi connectivity index (χ3n) is 4.51. The lowest BCUT2D eigenvalue weighted by Gasteiger charge is -2.30. The fourth-order valence-corrected chi connectivity index (χ4v) is 4.10. The van der Waals surface area contributed by atoms with Crippen molar-refractivity contribution >= 4 is 21.6 Å². The van der Waals surface area contributed by atoms with Crippen molar-refractivity contribution in [1.82, 2.24) is 10.6 Å². The SMILES string of the molecule is CC1NCCCC1NC(=O)c1cccc(NS(=O)(=O)c2ccccc2)c1. The van der Waals surface area contributed by atoms with Gasteiger partial charge in [-0.25, -0.2) is 8.42 Å². The van der Waals surface area contributed by atoms with Crippen LogP contribution < -0.4 is 15.4 Å². The first-order chi connectivity index (χ1) is 12.5. The summed E-state index contributed by atoms with van der Waals surface area (Å²) in [5.74, 6) is -0.202. The Hall–Kier alpha value is -2.38. The quantitative estimate of drug-likeness (QED) is 0.751. The summed E-state index contributed by atoms with van der Waals surface area (Å²) >= 11 is 0. The van der Waals surface area contributed by atoms with Gasteiger partial charge in [0.25, 0.3) is 15.9 Å². The molecule has 1 fully saturated rings.